The number of likely N-dealkylation sites (tertiary alicyclic amines) is 1. The molecule has 4 nitrogen and oxygen atoms in total. The number of carbonyl (C=O) groups is 1. The summed E-state index contributed by atoms with van der Waals surface area (Å²) in [5.74, 6) is 0.401. The zero-order valence-electron chi connectivity index (χ0n) is 12.6. The van der Waals surface area contributed by atoms with Gasteiger partial charge in [-0.1, -0.05) is 11.6 Å². The Morgan fingerprint density at radius 3 is 2.75 bits per heavy atom. The van der Waals surface area contributed by atoms with Gasteiger partial charge in [-0.25, -0.2) is 4.79 Å². The van der Waals surface area contributed by atoms with E-state index in [-0.39, 0.29) is 5.97 Å². The zero-order chi connectivity index (χ0) is 14.5. The van der Waals surface area contributed by atoms with Crippen LogP contribution in [0.2, 0.25) is 0 Å². The fourth-order valence-corrected chi connectivity index (χ4v) is 2.61. The highest BCUT2D eigenvalue weighted by atomic mass is 16.5. The molecule has 0 atom stereocenters. The second kappa shape index (κ2) is 6.75. The molecule has 2 rings (SSSR count). The summed E-state index contributed by atoms with van der Waals surface area (Å²) in [6.45, 7) is 5.21. The Balaban J connectivity index is 2.00. The molecular weight excluding hydrogens is 252 g/mol. The van der Waals surface area contributed by atoms with Gasteiger partial charge in [0.05, 0.1) is 12.7 Å². The van der Waals surface area contributed by atoms with E-state index < -0.39 is 0 Å². The molecule has 0 aromatic heterocycles. The molecule has 0 radical (unpaired) electrons. The average Bonchev–Trinajstić information content (AvgIpc) is 2.46. The number of nitrogens with one attached hydrogen (secondary N) is 1. The fourth-order valence-electron chi connectivity index (χ4n) is 2.61. The highest BCUT2D eigenvalue weighted by molar-refractivity contribution is 5.95. The predicted molar refractivity (Wildman–Crippen MR) is 81.2 cm³/mol. The Bertz CT molecular complexity index is 466. The number of carbonyl (C=O) groups excluding carboxylic acids is 1. The second-order valence-electron chi connectivity index (χ2n) is 5.67. The quantitative estimate of drug-likeness (QED) is 0.858. The first-order valence-electron chi connectivity index (χ1n) is 7.21. The van der Waals surface area contributed by atoms with Gasteiger partial charge < -0.3 is 15.0 Å². The van der Waals surface area contributed by atoms with Crippen LogP contribution in [0.4, 0.5) is 5.69 Å². The second-order valence-corrected chi connectivity index (χ2v) is 5.67. The van der Waals surface area contributed by atoms with Gasteiger partial charge in [0.2, 0.25) is 0 Å². The van der Waals surface area contributed by atoms with Crippen LogP contribution < -0.4 is 5.32 Å². The van der Waals surface area contributed by atoms with E-state index in [0.717, 1.165) is 30.9 Å². The number of esters is 1. The van der Waals surface area contributed by atoms with Gasteiger partial charge in [-0.05, 0) is 58.0 Å². The summed E-state index contributed by atoms with van der Waals surface area (Å²) in [6, 6.07) is 5.86. The number of anilines is 1. The largest absolute Gasteiger partial charge is 0.465 e. The molecule has 4 heteroatoms. The summed E-state index contributed by atoms with van der Waals surface area (Å²) in [7, 11) is 3.59. The third-order valence-corrected chi connectivity index (χ3v) is 4.00. The van der Waals surface area contributed by atoms with Crippen molar-refractivity contribution >= 4 is 11.7 Å². The summed E-state index contributed by atoms with van der Waals surface area (Å²) in [5, 5.41) is 3.42. The lowest BCUT2D eigenvalue weighted by Crippen LogP contribution is -2.33. The Labute approximate surface area is 121 Å². The standard InChI is InChI=1S/C16H24N2O2/c1-12-4-5-15(14(10-12)16(19)20-3)17-11-13-6-8-18(2)9-7-13/h4-5,10,13,17H,6-9,11H2,1-3H3. The Kier molecular flexibility index (Phi) is 5.01. The normalized spacial score (nSPS) is 16.9. The summed E-state index contributed by atoms with van der Waals surface area (Å²) < 4.78 is 4.85. The summed E-state index contributed by atoms with van der Waals surface area (Å²) in [4.78, 5) is 14.2. The van der Waals surface area contributed by atoms with Crippen molar-refractivity contribution in [1.29, 1.82) is 0 Å². The first kappa shape index (κ1) is 14.9. The number of benzene rings is 1. The van der Waals surface area contributed by atoms with Gasteiger partial charge in [0.1, 0.15) is 0 Å². The van der Waals surface area contributed by atoms with Gasteiger partial charge in [0, 0.05) is 12.2 Å². The number of hydrogen-bond donors (Lipinski definition) is 1. The average molecular weight is 276 g/mol. The van der Waals surface area contributed by atoms with Gasteiger partial charge in [-0.2, -0.15) is 0 Å². The number of nitrogens with zero attached hydrogens (tertiary/aromatic N) is 1. The maximum atomic E-state index is 11.8. The minimum absolute atomic E-state index is 0.278. The number of methoxy groups -OCH3 is 1. The van der Waals surface area contributed by atoms with Gasteiger partial charge >= 0.3 is 5.97 Å². The summed E-state index contributed by atoms with van der Waals surface area (Å²) in [5.41, 5.74) is 2.57. The monoisotopic (exact) mass is 276 g/mol. The van der Waals surface area contributed by atoms with Crippen LogP contribution in [0.25, 0.3) is 0 Å². The first-order chi connectivity index (χ1) is 9.60. The molecule has 1 saturated heterocycles. The van der Waals surface area contributed by atoms with E-state index in [9.17, 15) is 4.79 Å². The molecule has 0 amide bonds. The first-order valence-corrected chi connectivity index (χ1v) is 7.21. The minimum atomic E-state index is -0.278. The van der Waals surface area contributed by atoms with Crippen LogP contribution in [0.5, 0.6) is 0 Å². The van der Waals surface area contributed by atoms with E-state index in [2.05, 4.69) is 17.3 Å². The van der Waals surface area contributed by atoms with Crippen molar-refractivity contribution in [2.75, 3.05) is 39.1 Å². The van der Waals surface area contributed by atoms with E-state index in [1.165, 1.54) is 20.0 Å². The summed E-state index contributed by atoms with van der Waals surface area (Å²) in [6.07, 6.45) is 2.42. The molecule has 0 unspecified atom stereocenters. The van der Waals surface area contributed by atoms with Crippen molar-refractivity contribution in [1.82, 2.24) is 4.90 Å². The molecule has 0 bridgehead atoms. The lowest BCUT2D eigenvalue weighted by Gasteiger charge is -2.29. The lowest BCUT2D eigenvalue weighted by atomic mass is 9.97. The van der Waals surface area contributed by atoms with E-state index in [1.54, 1.807) is 0 Å². The molecule has 0 aliphatic carbocycles. The SMILES string of the molecule is COC(=O)c1cc(C)ccc1NCC1CCN(C)CC1. The smallest absolute Gasteiger partial charge is 0.339 e. The molecular formula is C16H24N2O2. The molecule has 0 saturated carbocycles. The highest BCUT2D eigenvalue weighted by Gasteiger charge is 2.18. The molecule has 1 N–H and O–H groups in total. The molecule has 1 aromatic rings. The van der Waals surface area contributed by atoms with Gasteiger partial charge in [-0.15, -0.1) is 0 Å². The third kappa shape index (κ3) is 3.73. The van der Waals surface area contributed by atoms with E-state index >= 15 is 0 Å². The van der Waals surface area contributed by atoms with Crippen LogP contribution in [0.15, 0.2) is 18.2 Å². The van der Waals surface area contributed by atoms with Crippen LogP contribution in [0, 0.1) is 12.8 Å². The number of rotatable bonds is 4. The molecule has 0 spiro atoms. The highest BCUT2D eigenvalue weighted by Crippen LogP contribution is 2.21. The lowest BCUT2D eigenvalue weighted by molar-refractivity contribution is 0.0601. The van der Waals surface area contributed by atoms with Crippen LogP contribution in [0.3, 0.4) is 0 Å². The molecule has 20 heavy (non-hydrogen) atoms. The van der Waals surface area contributed by atoms with Crippen molar-refractivity contribution in [3.63, 3.8) is 0 Å². The van der Waals surface area contributed by atoms with Crippen LogP contribution in [-0.4, -0.2) is 44.7 Å². The van der Waals surface area contributed by atoms with Crippen molar-refractivity contribution in [3.05, 3.63) is 29.3 Å². The zero-order valence-corrected chi connectivity index (χ0v) is 12.6. The maximum absolute atomic E-state index is 11.8. The number of hydrogen-bond acceptors (Lipinski definition) is 4. The van der Waals surface area contributed by atoms with Crippen molar-refractivity contribution in [2.24, 2.45) is 5.92 Å². The third-order valence-electron chi connectivity index (χ3n) is 4.00. The maximum Gasteiger partial charge on any atom is 0.339 e. The number of aryl methyl sites for hydroxylation is 1. The molecule has 1 aliphatic heterocycles. The van der Waals surface area contributed by atoms with Crippen LogP contribution in [0.1, 0.15) is 28.8 Å². The predicted octanol–water partition coefficient (Wildman–Crippen LogP) is 2.54. The van der Waals surface area contributed by atoms with Crippen LogP contribution in [-0.2, 0) is 4.74 Å². The van der Waals surface area contributed by atoms with E-state index in [1.807, 2.05) is 25.1 Å². The number of piperidine rings is 1. The topological polar surface area (TPSA) is 41.6 Å². The van der Waals surface area contributed by atoms with E-state index in [4.69, 9.17) is 4.74 Å². The van der Waals surface area contributed by atoms with Crippen LogP contribution >= 0.6 is 0 Å². The Morgan fingerprint density at radius 2 is 2.10 bits per heavy atom. The van der Waals surface area contributed by atoms with Gasteiger partial charge in [0.25, 0.3) is 0 Å². The fraction of sp³-hybridized carbons (Fsp3) is 0.562. The Hall–Kier alpha value is -1.55. The minimum Gasteiger partial charge on any atom is -0.465 e. The Morgan fingerprint density at radius 1 is 1.40 bits per heavy atom. The van der Waals surface area contributed by atoms with Crippen molar-refractivity contribution < 1.29 is 9.53 Å². The molecule has 1 fully saturated rings. The summed E-state index contributed by atoms with van der Waals surface area (Å²) >= 11 is 0. The molecule has 1 aromatic carbocycles. The van der Waals surface area contributed by atoms with Crippen molar-refractivity contribution in [3.8, 4) is 0 Å². The molecule has 110 valence electrons. The molecule has 1 heterocycles. The van der Waals surface area contributed by atoms with Gasteiger partial charge in [-0.3, -0.25) is 0 Å². The van der Waals surface area contributed by atoms with Gasteiger partial charge in [0.15, 0.2) is 0 Å². The van der Waals surface area contributed by atoms with E-state index in [0.29, 0.717) is 11.5 Å². The molecule has 1 aliphatic rings. The van der Waals surface area contributed by atoms with Crippen molar-refractivity contribution in [2.45, 2.75) is 19.8 Å². The number of ether oxygens (including phenoxy) is 1.